The number of ether oxygens (including phenoxy) is 1. The number of carbonyl (C=O) groups is 1. The maximum absolute atomic E-state index is 11.8. The molecular formula is C14H22N2O4S. The lowest BCUT2D eigenvalue weighted by Gasteiger charge is -2.08. The SMILES string of the molecule is CCCCNS(=O)(=O)CCNC(=O)c1ccc(OC)cc1. The largest absolute Gasteiger partial charge is 0.497 e. The highest BCUT2D eigenvalue weighted by Gasteiger charge is 2.11. The summed E-state index contributed by atoms with van der Waals surface area (Å²) in [6, 6.07) is 6.61. The van der Waals surface area contributed by atoms with Gasteiger partial charge in [0, 0.05) is 18.7 Å². The normalized spacial score (nSPS) is 11.1. The minimum Gasteiger partial charge on any atom is -0.497 e. The van der Waals surface area contributed by atoms with Crippen LogP contribution in [0.4, 0.5) is 0 Å². The fraction of sp³-hybridized carbons (Fsp3) is 0.500. The Morgan fingerprint density at radius 1 is 1.19 bits per heavy atom. The number of nitrogens with one attached hydrogen (secondary N) is 2. The Labute approximate surface area is 125 Å². The predicted molar refractivity (Wildman–Crippen MR) is 82.0 cm³/mol. The molecule has 0 heterocycles. The number of benzene rings is 1. The van der Waals surface area contributed by atoms with Crippen LogP contribution in [0.15, 0.2) is 24.3 Å². The van der Waals surface area contributed by atoms with Crippen LogP contribution in [-0.4, -0.2) is 40.3 Å². The zero-order chi connectivity index (χ0) is 15.7. The summed E-state index contributed by atoms with van der Waals surface area (Å²) in [5, 5.41) is 2.58. The second-order valence-corrected chi connectivity index (χ2v) is 6.48. The molecular weight excluding hydrogens is 292 g/mol. The first-order valence-corrected chi connectivity index (χ1v) is 8.53. The van der Waals surface area contributed by atoms with Gasteiger partial charge < -0.3 is 10.1 Å². The third-order valence-electron chi connectivity index (χ3n) is 2.86. The number of hydrogen-bond acceptors (Lipinski definition) is 4. The average molecular weight is 314 g/mol. The molecule has 0 spiro atoms. The van der Waals surface area contributed by atoms with Crippen LogP contribution in [0.5, 0.6) is 5.75 Å². The summed E-state index contributed by atoms with van der Waals surface area (Å²) < 4.78 is 30.8. The molecule has 21 heavy (non-hydrogen) atoms. The maximum atomic E-state index is 11.8. The maximum Gasteiger partial charge on any atom is 0.251 e. The minimum absolute atomic E-state index is 0.0757. The third kappa shape index (κ3) is 6.59. The Morgan fingerprint density at radius 2 is 1.86 bits per heavy atom. The number of sulfonamides is 1. The van der Waals surface area contributed by atoms with Crippen LogP contribution in [-0.2, 0) is 10.0 Å². The third-order valence-corrected chi connectivity index (χ3v) is 4.25. The van der Waals surface area contributed by atoms with E-state index in [0.29, 0.717) is 17.9 Å². The van der Waals surface area contributed by atoms with Gasteiger partial charge in [-0.05, 0) is 30.7 Å². The molecule has 1 aromatic carbocycles. The van der Waals surface area contributed by atoms with Gasteiger partial charge in [0.1, 0.15) is 5.75 Å². The molecule has 7 heteroatoms. The Bertz CT molecular complexity index is 541. The van der Waals surface area contributed by atoms with Crippen LogP contribution < -0.4 is 14.8 Å². The van der Waals surface area contributed by atoms with Crippen LogP contribution >= 0.6 is 0 Å². The molecule has 0 fully saturated rings. The van der Waals surface area contributed by atoms with Crippen molar-refractivity contribution in [3.8, 4) is 5.75 Å². The van der Waals surface area contributed by atoms with E-state index in [2.05, 4.69) is 10.0 Å². The van der Waals surface area contributed by atoms with Crippen molar-refractivity contribution in [2.24, 2.45) is 0 Å². The van der Waals surface area contributed by atoms with Gasteiger partial charge in [0.05, 0.1) is 12.9 Å². The summed E-state index contributed by atoms with van der Waals surface area (Å²) in [4.78, 5) is 11.8. The Hall–Kier alpha value is -1.60. The van der Waals surface area contributed by atoms with Gasteiger partial charge in [-0.25, -0.2) is 13.1 Å². The van der Waals surface area contributed by atoms with Gasteiger partial charge in [0.15, 0.2) is 0 Å². The van der Waals surface area contributed by atoms with E-state index in [4.69, 9.17) is 4.74 Å². The number of methoxy groups -OCH3 is 1. The second-order valence-electron chi connectivity index (χ2n) is 4.55. The van der Waals surface area contributed by atoms with Crippen molar-refractivity contribution in [3.63, 3.8) is 0 Å². The van der Waals surface area contributed by atoms with Crippen LogP contribution in [0, 0.1) is 0 Å². The van der Waals surface area contributed by atoms with Crippen LogP contribution in [0.2, 0.25) is 0 Å². The summed E-state index contributed by atoms with van der Waals surface area (Å²) in [5.41, 5.74) is 0.465. The first-order valence-electron chi connectivity index (χ1n) is 6.88. The van der Waals surface area contributed by atoms with E-state index in [0.717, 1.165) is 12.8 Å². The lowest BCUT2D eigenvalue weighted by molar-refractivity contribution is 0.0956. The zero-order valence-corrected chi connectivity index (χ0v) is 13.2. The summed E-state index contributed by atoms with van der Waals surface area (Å²) in [5.74, 6) is 0.231. The number of amides is 1. The molecule has 0 atom stereocenters. The van der Waals surface area contributed by atoms with E-state index in [9.17, 15) is 13.2 Å². The molecule has 6 nitrogen and oxygen atoms in total. The van der Waals surface area contributed by atoms with Gasteiger partial charge in [-0.1, -0.05) is 13.3 Å². The number of carbonyl (C=O) groups excluding carboxylic acids is 1. The molecule has 2 N–H and O–H groups in total. The molecule has 0 aliphatic carbocycles. The average Bonchev–Trinajstić information content (AvgIpc) is 2.47. The van der Waals surface area contributed by atoms with Crippen LogP contribution in [0.1, 0.15) is 30.1 Å². The quantitative estimate of drug-likeness (QED) is 0.670. The highest BCUT2D eigenvalue weighted by Crippen LogP contribution is 2.10. The summed E-state index contributed by atoms with van der Waals surface area (Å²) in [6.07, 6.45) is 1.73. The number of hydrogen-bond donors (Lipinski definition) is 2. The van der Waals surface area contributed by atoms with Gasteiger partial charge in [-0.2, -0.15) is 0 Å². The molecule has 1 rings (SSSR count). The highest BCUT2D eigenvalue weighted by molar-refractivity contribution is 7.89. The standard InChI is InChI=1S/C14H22N2O4S/c1-3-4-9-16-21(18,19)11-10-15-14(17)12-5-7-13(20-2)8-6-12/h5-8,16H,3-4,9-11H2,1-2H3,(H,15,17). The molecule has 0 bridgehead atoms. The van der Waals surface area contributed by atoms with Gasteiger partial charge in [-0.15, -0.1) is 0 Å². The van der Waals surface area contributed by atoms with Crippen molar-refractivity contribution in [2.45, 2.75) is 19.8 Å². The fourth-order valence-corrected chi connectivity index (χ4v) is 2.59. The molecule has 0 aliphatic rings. The molecule has 0 radical (unpaired) electrons. The van der Waals surface area contributed by atoms with E-state index >= 15 is 0 Å². The van der Waals surface area contributed by atoms with Gasteiger partial charge >= 0.3 is 0 Å². The predicted octanol–water partition coefficient (Wildman–Crippen LogP) is 1.14. The van der Waals surface area contributed by atoms with Crippen molar-refractivity contribution >= 4 is 15.9 Å². The Kier molecular flexibility index (Phi) is 7.18. The van der Waals surface area contributed by atoms with Crippen molar-refractivity contribution < 1.29 is 17.9 Å². The van der Waals surface area contributed by atoms with E-state index in [-0.39, 0.29) is 18.2 Å². The Balaban J connectivity index is 2.38. The molecule has 0 aliphatic heterocycles. The summed E-state index contributed by atoms with van der Waals surface area (Å²) in [7, 11) is -1.78. The molecule has 1 amide bonds. The van der Waals surface area contributed by atoms with Crippen molar-refractivity contribution in [2.75, 3.05) is 26.0 Å². The first-order chi connectivity index (χ1) is 9.98. The molecule has 0 unspecified atom stereocenters. The first kappa shape index (κ1) is 17.5. The van der Waals surface area contributed by atoms with E-state index in [1.807, 2.05) is 6.92 Å². The minimum atomic E-state index is -3.33. The second kappa shape index (κ2) is 8.63. The van der Waals surface area contributed by atoms with Crippen molar-refractivity contribution in [3.05, 3.63) is 29.8 Å². The highest BCUT2D eigenvalue weighted by atomic mass is 32.2. The topological polar surface area (TPSA) is 84.5 Å². The van der Waals surface area contributed by atoms with Gasteiger partial charge in [0.25, 0.3) is 5.91 Å². The van der Waals surface area contributed by atoms with Crippen LogP contribution in [0.25, 0.3) is 0 Å². The lowest BCUT2D eigenvalue weighted by atomic mass is 10.2. The summed E-state index contributed by atoms with van der Waals surface area (Å²) in [6.45, 7) is 2.50. The number of unbranched alkanes of at least 4 members (excludes halogenated alkanes) is 1. The van der Waals surface area contributed by atoms with E-state index in [1.165, 1.54) is 0 Å². The van der Waals surface area contributed by atoms with E-state index < -0.39 is 10.0 Å². The van der Waals surface area contributed by atoms with Crippen molar-refractivity contribution in [1.82, 2.24) is 10.0 Å². The van der Waals surface area contributed by atoms with E-state index in [1.54, 1.807) is 31.4 Å². The van der Waals surface area contributed by atoms with Gasteiger partial charge in [-0.3, -0.25) is 4.79 Å². The zero-order valence-electron chi connectivity index (χ0n) is 12.4. The molecule has 1 aromatic rings. The smallest absolute Gasteiger partial charge is 0.251 e. The monoisotopic (exact) mass is 314 g/mol. The van der Waals surface area contributed by atoms with Crippen LogP contribution in [0.3, 0.4) is 0 Å². The Morgan fingerprint density at radius 3 is 2.43 bits per heavy atom. The molecule has 0 saturated carbocycles. The number of rotatable bonds is 9. The lowest BCUT2D eigenvalue weighted by Crippen LogP contribution is -2.34. The van der Waals surface area contributed by atoms with Gasteiger partial charge in [0.2, 0.25) is 10.0 Å². The molecule has 0 saturated heterocycles. The fourth-order valence-electron chi connectivity index (χ4n) is 1.62. The molecule has 0 aromatic heterocycles. The molecule has 118 valence electrons. The summed E-state index contributed by atoms with van der Waals surface area (Å²) >= 11 is 0. The van der Waals surface area contributed by atoms with Crippen molar-refractivity contribution in [1.29, 1.82) is 0 Å².